The number of fused-ring (bicyclic) bond motifs is 1. The second kappa shape index (κ2) is 11.0. The van der Waals surface area contributed by atoms with Gasteiger partial charge in [-0.25, -0.2) is 10.4 Å². The van der Waals surface area contributed by atoms with Gasteiger partial charge in [-0.3, -0.25) is 4.79 Å². The Balaban J connectivity index is 1.33. The smallest absolute Gasteiger partial charge is 0.271 e. The van der Waals surface area contributed by atoms with Gasteiger partial charge in [-0.2, -0.15) is 16.9 Å². The summed E-state index contributed by atoms with van der Waals surface area (Å²) in [4.78, 5) is 16.8. The summed E-state index contributed by atoms with van der Waals surface area (Å²) < 4.78 is 5.21. The summed E-state index contributed by atoms with van der Waals surface area (Å²) in [6, 6.07) is 25.3. The van der Waals surface area contributed by atoms with Gasteiger partial charge in [-0.05, 0) is 41.5 Å². The number of pyridine rings is 1. The van der Waals surface area contributed by atoms with E-state index < -0.39 is 0 Å². The number of carbonyl (C=O) groups excluding carboxylic acids is 1. The monoisotopic (exact) mass is 475 g/mol. The van der Waals surface area contributed by atoms with Crippen LogP contribution in [-0.2, 0) is 11.5 Å². The van der Waals surface area contributed by atoms with Crippen LogP contribution >= 0.6 is 23.4 Å². The van der Waals surface area contributed by atoms with Crippen LogP contribution in [0.15, 0.2) is 84.0 Å². The molecule has 0 fully saturated rings. The molecule has 0 bridgehead atoms. The lowest BCUT2D eigenvalue weighted by Crippen LogP contribution is -2.17. The maximum Gasteiger partial charge on any atom is 0.271 e. The summed E-state index contributed by atoms with van der Waals surface area (Å²) >= 11 is 8.11. The van der Waals surface area contributed by atoms with Crippen molar-refractivity contribution in [3.63, 3.8) is 0 Å². The minimum Gasteiger partial charge on any atom is -0.497 e. The Labute approximate surface area is 201 Å². The van der Waals surface area contributed by atoms with Gasteiger partial charge in [-0.1, -0.05) is 54.1 Å². The van der Waals surface area contributed by atoms with Gasteiger partial charge < -0.3 is 4.74 Å². The number of hydrazone groups is 1. The molecule has 5 nitrogen and oxygen atoms in total. The Morgan fingerprint density at radius 2 is 1.76 bits per heavy atom. The topological polar surface area (TPSA) is 63.6 Å². The van der Waals surface area contributed by atoms with Gasteiger partial charge in [0.05, 0.1) is 18.8 Å². The number of aromatic nitrogens is 1. The first-order chi connectivity index (χ1) is 16.1. The van der Waals surface area contributed by atoms with Gasteiger partial charge in [0.2, 0.25) is 0 Å². The van der Waals surface area contributed by atoms with Crippen LogP contribution in [-0.4, -0.2) is 24.2 Å². The summed E-state index contributed by atoms with van der Waals surface area (Å²) in [7, 11) is 1.60. The van der Waals surface area contributed by atoms with Crippen molar-refractivity contribution in [1.82, 2.24) is 10.4 Å². The van der Waals surface area contributed by atoms with Gasteiger partial charge in [0.25, 0.3) is 5.91 Å². The molecular formula is C26H22ClN3O2S. The maximum atomic E-state index is 12.4. The predicted octanol–water partition coefficient (Wildman–Crippen LogP) is 6.09. The number of hydrogen-bond donors (Lipinski definition) is 1. The lowest BCUT2D eigenvalue weighted by Gasteiger charge is -2.05. The van der Waals surface area contributed by atoms with Crippen molar-refractivity contribution < 1.29 is 9.53 Å². The second-order valence-electron chi connectivity index (χ2n) is 7.30. The van der Waals surface area contributed by atoms with Crippen molar-refractivity contribution in [3.8, 4) is 5.75 Å². The van der Waals surface area contributed by atoms with Gasteiger partial charge >= 0.3 is 0 Å². The van der Waals surface area contributed by atoms with E-state index in [0.717, 1.165) is 22.4 Å². The third-order valence-electron chi connectivity index (χ3n) is 4.97. The highest BCUT2D eigenvalue weighted by molar-refractivity contribution is 7.97. The molecule has 4 aromatic rings. The van der Waals surface area contributed by atoms with E-state index in [-0.39, 0.29) is 5.91 Å². The van der Waals surface area contributed by atoms with Crippen LogP contribution in [0, 0.1) is 0 Å². The van der Waals surface area contributed by atoms with Gasteiger partial charge in [0.1, 0.15) is 10.9 Å². The number of methoxy groups -OCH3 is 1. The molecule has 1 aromatic heterocycles. The Bertz CT molecular complexity index is 1280. The SMILES string of the molecule is COc1ccc2cc(/C=N\NC(=O)c3ccc(CSCc4ccccc4)cc3)c(Cl)nc2c1. The summed E-state index contributed by atoms with van der Waals surface area (Å²) in [6.45, 7) is 0. The Hall–Kier alpha value is -3.35. The summed E-state index contributed by atoms with van der Waals surface area (Å²) in [5.41, 5.74) is 6.89. The number of hydrogen-bond acceptors (Lipinski definition) is 5. The minimum absolute atomic E-state index is 0.288. The first-order valence-electron chi connectivity index (χ1n) is 10.3. The highest BCUT2D eigenvalue weighted by Gasteiger charge is 2.07. The molecule has 1 N–H and O–H groups in total. The third kappa shape index (κ3) is 6.12. The van der Waals surface area contributed by atoms with Crippen molar-refractivity contribution in [2.45, 2.75) is 11.5 Å². The van der Waals surface area contributed by atoms with E-state index in [9.17, 15) is 4.79 Å². The van der Waals surface area contributed by atoms with Crippen molar-refractivity contribution in [3.05, 3.63) is 106 Å². The van der Waals surface area contributed by atoms with E-state index in [1.807, 2.05) is 66.4 Å². The maximum absolute atomic E-state index is 12.4. The zero-order valence-corrected chi connectivity index (χ0v) is 19.6. The molecule has 0 atom stereocenters. The molecule has 0 aliphatic heterocycles. The van der Waals surface area contributed by atoms with Crippen LogP contribution in [0.1, 0.15) is 27.0 Å². The molecular weight excluding hydrogens is 454 g/mol. The van der Waals surface area contributed by atoms with Crippen LogP contribution in [0.4, 0.5) is 0 Å². The summed E-state index contributed by atoms with van der Waals surface area (Å²) in [6.07, 6.45) is 1.49. The molecule has 0 radical (unpaired) electrons. The number of halogens is 1. The van der Waals surface area contributed by atoms with Crippen LogP contribution < -0.4 is 10.2 Å². The number of benzene rings is 3. The zero-order valence-electron chi connectivity index (χ0n) is 18.0. The van der Waals surface area contributed by atoms with E-state index in [1.165, 1.54) is 17.3 Å². The fourth-order valence-corrected chi connectivity index (χ4v) is 4.35. The van der Waals surface area contributed by atoms with E-state index in [2.05, 4.69) is 27.6 Å². The normalized spacial score (nSPS) is 11.1. The Morgan fingerprint density at radius 3 is 2.48 bits per heavy atom. The molecule has 0 unspecified atom stereocenters. The lowest BCUT2D eigenvalue weighted by atomic mass is 10.1. The number of rotatable bonds is 8. The molecule has 0 aliphatic carbocycles. The first-order valence-corrected chi connectivity index (χ1v) is 11.8. The second-order valence-corrected chi connectivity index (χ2v) is 8.65. The molecule has 0 spiro atoms. The van der Waals surface area contributed by atoms with Crippen molar-refractivity contribution in [2.75, 3.05) is 7.11 Å². The number of nitrogens with one attached hydrogen (secondary N) is 1. The lowest BCUT2D eigenvalue weighted by molar-refractivity contribution is 0.0955. The highest BCUT2D eigenvalue weighted by Crippen LogP contribution is 2.23. The minimum atomic E-state index is -0.288. The zero-order chi connectivity index (χ0) is 23.0. The Kier molecular flexibility index (Phi) is 7.60. The van der Waals surface area contributed by atoms with Crippen LogP contribution in [0.25, 0.3) is 10.9 Å². The molecule has 33 heavy (non-hydrogen) atoms. The van der Waals surface area contributed by atoms with Gasteiger partial charge in [0, 0.05) is 34.1 Å². The quantitative estimate of drug-likeness (QED) is 0.190. The fraction of sp³-hybridized carbons (Fsp3) is 0.115. The fourth-order valence-electron chi connectivity index (χ4n) is 3.20. The molecule has 1 amide bonds. The number of nitrogens with zero attached hydrogens (tertiary/aromatic N) is 2. The Morgan fingerprint density at radius 1 is 1.03 bits per heavy atom. The summed E-state index contributed by atoms with van der Waals surface area (Å²) in [5.74, 6) is 2.26. The van der Waals surface area contributed by atoms with E-state index in [1.54, 1.807) is 19.2 Å². The van der Waals surface area contributed by atoms with Gasteiger partial charge in [-0.15, -0.1) is 0 Å². The number of thioether (sulfide) groups is 1. The van der Waals surface area contributed by atoms with Crippen molar-refractivity contribution in [2.24, 2.45) is 5.10 Å². The highest BCUT2D eigenvalue weighted by atomic mass is 35.5. The van der Waals surface area contributed by atoms with E-state index >= 15 is 0 Å². The number of carbonyl (C=O) groups is 1. The molecule has 0 saturated heterocycles. The molecule has 4 rings (SSSR count). The summed E-state index contributed by atoms with van der Waals surface area (Å²) in [5, 5.41) is 5.24. The van der Waals surface area contributed by atoms with Crippen LogP contribution in [0.5, 0.6) is 5.75 Å². The molecule has 0 aliphatic rings. The van der Waals surface area contributed by atoms with Gasteiger partial charge in [0.15, 0.2) is 0 Å². The van der Waals surface area contributed by atoms with Crippen molar-refractivity contribution >= 4 is 46.4 Å². The molecule has 3 aromatic carbocycles. The predicted molar refractivity (Wildman–Crippen MR) is 136 cm³/mol. The molecule has 1 heterocycles. The van der Waals surface area contributed by atoms with Crippen LogP contribution in [0.2, 0.25) is 5.15 Å². The van der Waals surface area contributed by atoms with E-state index in [4.69, 9.17) is 16.3 Å². The molecule has 0 saturated carbocycles. The largest absolute Gasteiger partial charge is 0.497 e. The van der Waals surface area contributed by atoms with Crippen molar-refractivity contribution in [1.29, 1.82) is 0 Å². The first kappa shape index (κ1) is 22.8. The third-order valence-corrected chi connectivity index (χ3v) is 6.35. The number of ether oxygens (including phenoxy) is 1. The van der Waals surface area contributed by atoms with Crippen LogP contribution in [0.3, 0.4) is 0 Å². The average Bonchev–Trinajstić information content (AvgIpc) is 2.85. The average molecular weight is 476 g/mol. The number of amides is 1. The van der Waals surface area contributed by atoms with E-state index in [0.29, 0.717) is 22.0 Å². The standard InChI is InChI=1S/C26H22ClN3O2S/c1-32-23-12-11-21-13-22(25(27)29-24(21)14-23)15-28-30-26(31)20-9-7-19(8-10-20)17-33-16-18-5-3-2-4-6-18/h2-15H,16-17H2,1H3,(H,30,31)/b28-15-. The molecule has 166 valence electrons. The molecule has 7 heteroatoms.